The molecule has 4 atom stereocenters. The van der Waals surface area contributed by atoms with Gasteiger partial charge in [-0.1, -0.05) is 0 Å². The first-order valence-electron chi connectivity index (χ1n) is 7.38. The largest absolute Gasteiger partial charge is 0.497 e. The second kappa shape index (κ2) is 5.62. The number of ether oxygens (including phenoxy) is 3. The lowest BCUT2D eigenvalue weighted by Crippen LogP contribution is -2.39. The molecule has 20 heavy (non-hydrogen) atoms. The average Bonchev–Trinajstić information content (AvgIpc) is 2.92. The number of hydrogen-bond donors (Lipinski definition) is 1. The molecule has 4 heteroatoms. The van der Waals surface area contributed by atoms with E-state index in [-0.39, 0.29) is 12.2 Å². The van der Waals surface area contributed by atoms with Crippen molar-refractivity contribution in [3.8, 4) is 11.5 Å². The Bertz CT molecular complexity index is 477. The van der Waals surface area contributed by atoms with E-state index < -0.39 is 0 Å². The molecule has 0 amide bonds. The minimum atomic E-state index is 0.137. The summed E-state index contributed by atoms with van der Waals surface area (Å²) in [6.45, 7) is 2.14. The molecule has 1 N–H and O–H groups in total. The van der Waals surface area contributed by atoms with Crippen molar-refractivity contribution >= 4 is 0 Å². The first-order chi connectivity index (χ1) is 9.71. The smallest absolute Gasteiger partial charge is 0.127 e. The van der Waals surface area contributed by atoms with Gasteiger partial charge in [0.15, 0.2) is 0 Å². The van der Waals surface area contributed by atoms with Crippen LogP contribution < -0.4 is 14.8 Å². The number of methoxy groups -OCH3 is 1. The van der Waals surface area contributed by atoms with Crippen LogP contribution in [0.2, 0.25) is 0 Å². The van der Waals surface area contributed by atoms with E-state index in [9.17, 15) is 0 Å². The monoisotopic (exact) mass is 277 g/mol. The Morgan fingerprint density at radius 3 is 2.75 bits per heavy atom. The summed E-state index contributed by atoms with van der Waals surface area (Å²) in [6.07, 6.45) is 3.87. The van der Waals surface area contributed by atoms with Gasteiger partial charge in [0.1, 0.15) is 17.6 Å². The highest BCUT2D eigenvalue weighted by atomic mass is 16.6. The summed E-state index contributed by atoms with van der Waals surface area (Å²) in [4.78, 5) is 0. The minimum absolute atomic E-state index is 0.137. The molecule has 2 heterocycles. The van der Waals surface area contributed by atoms with Crippen LogP contribution in [0.4, 0.5) is 0 Å². The molecule has 1 aromatic carbocycles. The zero-order valence-electron chi connectivity index (χ0n) is 12.4. The maximum absolute atomic E-state index is 6.18. The van der Waals surface area contributed by atoms with E-state index in [0.717, 1.165) is 30.8 Å². The summed E-state index contributed by atoms with van der Waals surface area (Å²) in [5.41, 5.74) is 1.18. The second-order valence-electron chi connectivity index (χ2n) is 5.70. The van der Waals surface area contributed by atoms with Crippen molar-refractivity contribution in [3.63, 3.8) is 0 Å². The normalized spacial score (nSPS) is 32.5. The van der Waals surface area contributed by atoms with Crippen molar-refractivity contribution in [2.75, 3.05) is 14.2 Å². The molecular weight excluding hydrogens is 254 g/mol. The Labute approximate surface area is 120 Å². The van der Waals surface area contributed by atoms with Crippen molar-refractivity contribution in [2.24, 2.45) is 0 Å². The lowest BCUT2D eigenvalue weighted by molar-refractivity contribution is -0.0296. The van der Waals surface area contributed by atoms with Gasteiger partial charge in [-0.15, -0.1) is 0 Å². The minimum Gasteiger partial charge on any atom is -0.497 e. The van der Waals surface area contributed by atoms with Gasteiger partial charge in [0, 0.05) is 18.0 Å². The van der Waals surface area contributed by atoms with Gasteiger partial charge < -0.3 is 19.5 Å². The predicted molar refractivity (Wildman–Crippen MR) is 77.4 cm³/mol. The molecule has 0 radical (unpaired) electrons. The Morgan fingerprint density at radius 1 is 1.25 bits per heavy atom. The van der Waals surface area contributed by atoms with Crippen molar-refractivity contribution in [2.45, 2.75) is 50.5 Å². The van der Waals surface area contributed by atoms with E-state index in [1.807, 2.05) is 19.2 Å². The standard InChI is InChI=1S/C16H23NO3/c1-10-4-6-15(19-10)16-9-13(17-2)12-8-11(18-3)5-7-14(12)20-16/h5,7-8,10,13,15-17H,4,6,9H2,1-3H3. The predicted octanol–water partition coefficient (Wildman–Crippen LogP) is 2.67. The highest BCUT2D eigenvalue weighted by Crippen LogP contribution is 2.39. The zero-order chi connectivity index (χ0) is 14.1. The fraction of sp³-hybridized carbons (Fsp3) is 0.625. The summed E-state index contributed by atoms with van der Waals surface area (Å²) in [7, 11) is 3.69. The summed E-state index contributed by atoms with van der Waals surface area (Å²) in [5.74, 6) is 1.82. The van der Waals surface area contributed by atoms with Crippen LogP contribution in [-0.2, 0) is 4.74 Å². The molecule has 4 unspecified atom stereocenters. The maximum Gasteiger partial charge on any atom is 0.127 e. The molecule has 2 aliphatic rings. The maximum atomic E-state index is 6.18. The molecule has 3 rings (SSSR count). The molecular formula is C16H23NO3. The Morgan fingerprint density at radius 2 is 2.10 bits per heavy atom. The molecule has 1 fully saturated rings. The van der Waals surface area contributed by atoms with E-state index >= 15 is 0 Å². The van der Waals surface area contributed by atoms with Crippen molar-refractivity contribution < 1.29 is 14.2 Å². The Balaban J connectivity index is 1.83. The quantitative estimate of drug-likeness (QED) is 0.922. The van der Waals surface area contributed by atoms with Gasteiger partial charge in [0.05, 0.1) is 19.3 Å². The van der Waals surface area contributed by atoms with Gasteiger partial charge >= 0.3 is 0 Å². The summed E-state index contributed by atoms with van der Waals surface area (Å²) in [6, 6.07) is 6.30. The number of rotatable bonds is 3. The molecule has 0 aliphatic carbocycles. The van der Waals surface area contributed by atoms with Crippen LogP contribution in [0.1, 0.15) is 37.8 Å². The third-order valence-corrected chi connectivity index (χ3v) is 4.37. The lowest BCUT2D eigenvalue weighted by atomic mass is 9.93. The molecule has 1 aromatic rings. The van der Waals surface area contributed by atoms with Gasteiger partial charge in [0.25, 0.3) is 0 Å². The first-order valence-corrected chi connectivity index (χ1v) is 7.38. The van der Waals surface area contributed by atoms with E-state index in [0.29, 0.717) is 12.1 Å². The SMILES string of the molecule is CNC1CC(C2CCC(C)O2)Oc2ccc(OC)cc21. The van der Waals surface area contributed by atoms with Crippen molar-refractivity contribution in [1.29, 1.82) is 0 Å². The van der Waals surface area contributed by atoms with Gasteiger partial charge in [0.2, 0.25) is 0 Å². The van der Waals surface area contributed by atoms with Crippen molar-refractivity contribution in [1.82, 2.24) is 5.32 Å². The molecule has 1 saturated heterocycles. The van der Waals surface area contributed by atoms with Crippen LogP contribution in [0.3, 0.4) is 0 Å². The van der Waals surface area contributed by atoms with Crippen LogP contribution >= 0.6 is 0 Å². The second-order valence-corrected chi connectivity index (χ2v) is 5.70. The Hall–Kier alpha value is -1.26. The van der Waals surface area contributed by atoms with Gasteiger partial charge in [-0.25, -0.2) is 0 Å². The number of nitrogens with one attached hydrogen (secondary N) is 1. The third kappa shape index (κ3) is 2.50. The lowest BCUT2D eigenvalue weighted by Gasteiger charge is -2.35. The molecule has 0 aromatic heterocycles. The topological polar surface area (TPSA) is 39.7 Å². The van der Waals surface area contributed by atoms with Crippen LogP contribution in [0.5, 0.6) is 11.5 Å². The fourth-order valence-electron chi connectivity index (χ4n) is 3.21. The first kappa shape index (κ1) is 13.7. The average molecular weight is 277 g/mol. The number of hydrogen-bond acceptors (Lipinski definition) is 4. The van der Waals surface area contributed by atoms with Crippen LogP contribution in [-0.4, -0.2) is 32.5 Å². The molecule has 2 aliphatic heterocycles. The van der Waals surface area contributed by atoms with E-state index in [2.05, 4.69) is 18.3 Å². The molecule has 110 valence electrons. The van der Waals surface area contributed by atoms with Gasteiger partial charge in [-0.2, -0.15) is 0 Å². The number of fused-ring (bicyclic) bond motifs is 1. The van der Waals surface area contributed by atoms with E-state index in [1.54, 1.807) is 7.11 Å². The molecule has 4 nitrogen and oxygen atoms in total. The van der Waals surface area contributed by atoms with Gasteiger partial charge in [-0.05, 0) is 45.0 Å². The molecule has 0 spiro atoms. The number of benzene rings is 1. The third-order valence-electron chi connectivity index (χ3n) is 4.37. The molecule has 0 saturated carbocycles. The van der Waals surface area contributed by atoms with E-state index in [4.69, 9.17) is 14.2 Å². The van der Waals surface area contributed by atoms with Crippen LogP contribution in [0, 0.1) is 0 Å². The Kier molecular flexibility index (Phi) is 3.85. The highest BCUT2D eigenvalue weighted by Gasteiger charge is 2.36. The summed E-state index contributed by atoms with van der Waals surface area (Å²) in [5, 5.41) is 3.38. The van der Waals surface area contributed by atoms with Crippen LogP contribution in [0.15, 0.2) is 18.2 Å². The highest BCUT2D eigenvalue weighted by molar-refractivity contribution is 5.43. The van der Waals surface area contributed by atoms with Crippen LogP contribution in [0.25, 0.3) is 0 Å². The summed E-state index contributed by atoms with van der Waals surface area (Å²) >= 11 is 0. The zero-order valence-corrected chi connectivity index (χ0v) is 12.4. The van der Waals surface area contributed by atoms with Gasteiger partial charge in [-0.3, -0.25) is 0 Å². The summed E-state index contributed by atoms with van der Waals surface area (Å²) < 4.78 is 17.5. The van der Waals surface area contributed by atoms with Crippen molar-refractivity contribution in [3.05, 3.63) is 23.8 Å². The van der Waals surface area contributed by atoms with E-state index in [1.165, 1.54) is 5.56 Å². The fourth-order valence-corrected chi connectivity index (χ4v) is 3.21. The molecule has 0 bridgehead atoms.